The van der Waals surface area contributed by atoms with E-state index in [0.29, 0.717) is 0 Å². The molecule has 1 saturated heterocycles. The number of carbonyl (C=O) groups excluding carboxylic acids is 1. The van der Waals surface area contributed by atoms with E-state index in [-0.39, 0.29) is 17.7 Å². The fourth-order valence-electron chi connectivity index (χ4n) is 3.87. The summed E-state index contributed by atoms with van der Waals surface area (Å²) in [5.41, 5.74) is 1.73. The molecule has 1 aliphatic heterocycles. The van der Waals surface area contributed by atoms with Crippen LogP contribution in [0.4, 0.5) is 0 Å². The number of benzene rings is 1. The number of carbonyl (C=O) groups is 1. The van der Waals surface area contributed by atoms with Crippen LogP contribution in [0.2, 0.25) is 0 Å². The van der Waals surface area contributed by atoms with Crippen LogP contribution in [-0.4, -0.2) is 40.1 Å². The first-order chi connectivity index (χ1) is 11.2. The Balaban J connectivity index is 1.41. The Morgan fingerprint density at radius 2 is 1.96 bits per heavy atom. The fourth-order valence-corrected chi connectivity index (χ4v) is 3.87. The van der Waals surface area contributed by atoms with Crippen LogP contribution in [0.5, 0.6) is 0 Å². The summed E-state index contributed by atoms with van der Waals surface area (Å²) >= 11 is 0. The van der Waals surface area contributed by atoms with Gasteiger partial charge >= 0.3 is 0 Å². The maximum Gasteiger partial charge on any atom is 0.228 e. The Morgan fingerprint density at radius 1 is 1.17 bits per heavy atom. The molecule has 0 bridgehead atoms. The summed E-state index contributed by atoms with van der Waals surface area (Å²) < 4.78 is 5.87. The molecule has 1 aromatic carbocycles. The van der Waals surface area contributed by atoms with Crippen LogP contribution >= 0.6 is 0 Å². The van der Waals surface area contributed by atoms with Gasteiger partial charge in [-0.2, -0.15) is 0 Å². The van der Waals surface area contributed by atoms with Crippen molar-refractivity contribution in [3.63, 3.8) is 0 Å². The van der Waals surface area contributed by atoms with E-state index in [1.54, 1.807) is 0 Å². The van der Waals surface area contributed by atoms with Crippen LogP contribution in [0.15, 0.2) is 28.7 Å². The summed E-state index contributed by atoms with van der Waals surface area (Å²) in [4.78, 5) is 19.0. The zero-order valence-electron chi connectivity index (χ0n) is 13.1. The first kappa shape index (κ1) is 14.7. The number of oxazole rings is 1. The minimum Gasteiger partial charge on any atom is -0.440 e. The van der Waals surface area contributed by atoms with Gasteiger partial charge in [0.25, 0.3) is 0 Å². The molecular weight excluding hydrogens is 292 g/mol. The van der Waals surface area contributed by atoms with E-state index in [4.69, 9.17) is 4.42 Å². The predicted octanol–water partition coefficient (Wildman–Crippen LogP) is 2.69. The molecule has 2 atom stereocenters. The van der Waals surface area contributed by atoms with Gasteiger partial charge in [0.2, 0.25) is 5.91 Å². The molecule has 1 amide bonds. The van der Waals surface area contributed by atoms with Crippen molar-refractivity contribution in [2.24, 2.45) is 5.92 Å². The summed E-state index contributed by atoms with van der Waals surface area (Å²) in [6, 6.07) is 7.81. The molecule has 0 radical (unpaired) electrons. The highest BCUT2D eigenvalue weighted by molar-refractivity contribution is 5.80. The number of aromatic nitrogens is 1. The molecule has 1 aliphatic carbocycles. The monoisotopic (exact) mass is 314 g/mol. The van der Waals surface area contributed by atoms with Gasteiger partial charge in [0, 0.05) is 19.0 Å². The molecule has 2 heterocycles. The second-order valence-electron chi connectivity index (χ2n) is 6.72. The van der Waals surface area contributed by atoms with Crippen LogP contribution in [0.3, 0.4) is 0 Å². The van der Waals surface area contributed by atoms with E-state index >= 15 is 0 Å². The van der Waals surface area contributed by atoms with Crippen molar-refractivity contribution in [3.05, 3.63) is 30.2 Å². The number of aliphatic hydroxyl groups excluding tert-OH is 1. The van der Waals surface area contributed by atoms with Crippen molar-refractivity contribution in [1.29, 1.82) is 0 Å². The fraction of sp³-hybridized carbons (Fsp3) is 0.556. The van der Waals surface area contributed by atoms with Gasteiger partial charge in [-0.05, 0) is 44.2 Å². The minimum atomic E-state index is -0.447. The molecule has 2 aromatic rings. The van der Waals surface area contributed by atoms with Crippen molar-refractivity contribution in [2.45, 2.75) is 44.1 Å². The van der Waals surface area contributed by atoms with E-state index in [1.165, 1.54) is 0 Å². The van der Waals surface area contributed by atoms with Crippen LogP contribution in [0, 0.1) is 5.92 Å². The third-order valence-corrected chi connectivity index (χ3v) is 5.26. The zero-order valence-corrected chi connectivity index (χ0v) is 13.1. The summed E-state index contributed by atoms with van der Waals surface area (Å²) in [5, 5.41) is 9.93. The highest BCUT2D eigenvalue weighted by Crippen LogP contribution is 2.32. The summed E-state index contributed by atoms with van der Waals surface area (Å²) in [5.74, 6) is 1.01. The highest BCUT2D eigenvalue weighted by Gasteiger charge is 2.36. The van der Waals surface area contributed by atoms with Crippen molar-refractivity contribution in [3.8, 4) is 0 Å². The summed E-state index contributed by atoms with van der Waals surface area (Å²) in [6.07, 6.45) is 3.85. The van der Waals surface area contributed by atoms with Crippen LogP contribution in [0.1, 0.15) is 43.9 Å². The lowest BCUT2D eigenvalue weighted by molar-refractivity contribution is -0.139. The van der Waals surface area contributed by atoms with E-state index in [0.717, 1.165) is 62.2 Å². The molecule has 2 unspecified atom stereocenters. The number of aliphatic hydroxyl groups is 1. The van der Waals surface area contributed by atoms with Gasteiger partial charge in [0.05, 0.1) is 12.0 Å². The Kier molecular flexibility index (Phi) is 3.81. The first-order valence-electron chi connectivity index (χ1n) is 8.54. The molecule has 5 heteroatoms. The van der Waals surface area contributed by atoms with E-state index < -0.39 is 6.10 Å². The smallest absolute Gasteiger partial charge is 0.228 e. The Hall–Kier alpha value is -1.88. The topological polar surface area (TPSA) is 66.6 Å². The molecule has 5 nitrogen and oxygen atoms in total. The number of likely N-dealkylation sites (tertiary alicyclic amines) is 1. The molecule has 2 aliphatic rings. The number of fused-ring (bicyclic) bond motifs is 1. The first-order valence-corrected chi connectivity index (χ1v) is 8.54. The van der Waals surface area contributed by atoms with Gasteiger partial charge < -0.3 is 14.4 Å². The van der Waals surface area contributed by atoms with Gasteiger partial charge in [0.1, 0.15) is 5.52 Å². The lowest BCUT2D eigenvalue weighted by atomic mass is 9.95. The average Bonchev–Trinajstić information content (AvgIpc) is 3.20. The molecule has 2 fully saturated rings. The van der Waals surface area contributed by atoms with E-state index in [9.17, 15) is 9.90 Å². The highest BCUT2D eigenvalue weighted by atomic mass is 16.3. The Labute approximate surface area is 135 Å². The van der Waals surface area contributed by atoms with Gasteiger partial charge in [-0.3, -0.25) is 4.79 Å². The standard InChI is InChI=1S/C18H22N2O3/c21-15-6-3-4-13(15)18(22)20-10-8-12(9-11-20)17-19-14-5-1-2-7-16(14)23-17/h1-2,5,7,12-13,15,21H,3-4,6,8-11H2. The molecule has 122 valence electrons. The number of rotatable bonds is 2. The number of hydrogen-bond donors (Lipinski definition) is 1. The number of amides is 1. The lowest BCUT2D eigenvalue weighted by Gasteiger charge is -2.33. The van der Waals surface area contributed by atoms with Gasteiger partial charge in [-0.15, -0.1) is 0 Å². The maximum absolute atomic E-state index is 12.5. The molecule has 1 saturated carbocycles. The molecule has 1 N–H and O–H groups in total. The lowest BCUT2D eigenvalue weighted by Crippen LogP contribution is -2.43. The van der Waals surface area contributed by atoms with Crippen molar-refractivity contribution in [1.82, 2.24) is 9.88 Å². The molecular formula is C18H22N2O3. The number of para-hydroxylation sites is 2. The van der Waals surface area contributed by atoms with E-state index in [1.807, 2.05) is 29.2 Å². The number of nitrogens with zero attached hydrogens (tertiary/aromatic N) is 2. The summed E-state index contributed by atoms with van der Waals surface area (Å²) in [7, 11) is 0. The quantitative estimate of drug-likeness (QED) is 0.925. The molecule has 23 heavy (non-hydrogen) atoms. The Bertz CT molecular complexity index is 670. The largest absolute Gasteiger partial charge is 0.440 e. The third kappa shape index (κ3) is 2.74. The van der Waals surface area contributed by atoms with Crippen molar-refractivity contribution >= 4 is 17.0 Å². The van der Waals surface area contributed by atoms with Gasteiger partial charge in [-0.1, -0.05) is 12.1 Å². The second kappa shape index (κ2) is 5.96. The van der Waals surface area contributed by atoms with Gasteiger partial charge in [0.15, 0.2) is 11.5 Å². The average molecular weight is 314 g/mol. The predicted molar refractivity (Wildman–Crippen MR) is 85.9 cm³/mol. The van der Waals surface area contributed by atoms with Crippen LogP contribution < -0.4 is 0 Å². The van der Waals surface area contributed by atoms with Crippen molar-refractivity contribution in [2.75, 3.05) is 13.1 Å². The number of piperidine rings is 1. The number of hydrogen-bond acceptors (Lipinski definition) is 4. The second-order valence-corrected chi connectivity index (χ2v) is 6.72. The van der Waals surface area contributed by atoms with Crippen LogP contribution in [-0.2, 0) is 4.79 Å². The molecule has 1 aromatic heterocycles. The Morgan fingerprint density at radius 3 is 2.65 bits per heavy atom. The maximum atomic E-state index is 12.5. The zero-order chi connectivity index (χ0) is 15.8. The molecule has 0 spiro atoms. The van der Waals surface area contributed by atoms with E-state index in [2.05, 4.69) is 4.98 Å². The van der Waals surface area contributed by atoms with Crippen LogP contribution in [0.25, 0.3) is 11.1 Å². The minimum absolute atomic E-state index is 0.131. The third-order valence-electron chi connectivity index (χ3n) is 5.26. The van der Waals surface area contributed by atoms with Gasteiger partial charge in [-0.25, -0.2) is 4.98 Å². The SMILES string of the molecule is O=C(C1CCCC1O)N1CCC(c2nc3ccccc3o2)CC1. The summed E-state index contributed by atoms with van der Waals surface area (Å²) in [6.45, 7) is 1.46. The van der Waals surface area contributed by atoms with Crippen molar-refractivity contribution < 1.29 is 14.3 Å². The molecule has 4 rings (SSSR count). The normalized spacial score (nSPS) is 26.0.